The summed E-state index contributed by atoms with van der Waals surface area (Å²) >= 11 is 9.50. The van der Waals surface area contributed by atoms with Gasteiger partial charge in [0.05, 0.1) is 17.8 Å². The van der Waals surface area contributed by atoms with E-state index in [2.05, 4.69) is 21.0 Å². The number of hydrogen-bond donors (Lipinski definition) is 1. The Morgan fingerprint density at radius 3 is 2.86 bits per heavy atom. The summed E-state index contributed by atoms with van der Waals surface area (Å²) in [6.07, 6.45) is 1.49. The number of ketones is 1. The lowest BCUT2D eigenvalue weighted by atomic mass is 10.1. The average molecular weight is 372 g/mol. The molecule has 2 N–H and O–H groups in total. The highest BCUT2D eigenvalue weighted by atomic mass is 79.9. The van der Waals surface area contributed by atoms with Crippen molar-refractivity contribution in [1.29, 1.82) is 0 Å². The second-order valence-electron chi connectivity index (χ2n) is 4.94. The molecular weight excluding hydrogens is 356 g/mol. The van der Waals surface area contributed by atoms with Crippen molar-refractivity contribution in [3.8, 4) is 0 Å². The molecular formula is C14H16BrClN4O. The Morgan fingerprint density at radius 1 is 1.48 bits per heavy atom. The van der Waals surface area contributed by atoms with Crippen molar-refractivity contribution in [2.75, 3.05) is 26.4 Å². The smallest absolute Gasteiger partial charge is 0.213 e. The summed E-state index contributed by atoms with van der Waals surface area (Å²) < 4.78 is 2.30. The summed E-state index contributed by atoms with van der Waals surface area (Å²) in [4.78, 5) is 14.7. The molecule has 21 heavy (non-hydrogen) atoms. The molecule has 0 aliphatic heterocycles. The van der Waals surface area contributed by atoms with E-state index >= 15 is 0 Å². The van der Waals surface area contributed by atoms with Crippen LogP contribution in [-0.4, -0.2) is 41.1 Å². The van der Waals surface area contributed by atoms with Gasteiger partial charge >= 0.3 is 0 Å². The molecule has 112 valence electrons. The van der Waals surface area contributed by atoms with Crippen LogP contribution in [0.3, 0.4) is 0 Å². The van der Waals surface area contributed by atoms with Gasteiger partial charge in [-0.2, -0.15) is 5.10 Å². The van der Waals surface area contributed by atoms with E-state index in [1.807, 2.05) is 19.0 Å². The number of nitrogens with two attached hydrogens (primary N) is 1. The van der Waals surface area contributed by atoms with Crippen LogP contribution in [0.25, 0.3) is 0 Å². The van der Waals surface area contributed by atoms with E-state index in [0.717, 1.165) is 6.54 Å². The van der Waals surface area contributed by atoms with Crippen LogP contribution < -0.4 is 5.73 Å². The van der Waals surface area contributed by atoms with E-state index in [1.165, 1.54) is 6.20 Å². The number of benzene rings is 1. The second kappa shape index (κ2) is 6.60. The molecule has 0 amide bonds. The number of carbonyl (C=O) groups is 1. The predicted molar refractivity (Wildman–Crippen MR) is 87.8 cm³/mol. The first-order chi connectivity index (χ1) is 9.90. The van der Waals surface area contributed by atoms with E-state index in [-0.39, 0.29) is 5.78 Å². The topological polar surface area (TPSA) is 64.2 Å². The van der Waals surface area contributed by atoms with Crippen molar-refractivity contribution < 1.29 is 4.79 Å². The highest BCUT2D eigenvalue weighted by Gasteiger charge is 2.21. The van der Waals surface area contributed by atoms with Gasteiger partial charge in [-0.05, 0) is 32.3 Å². The van der Waals surface area contributed by atoms with E-state index in [1.54, 1.807) is 22.9 Å². The summed E-state index contributed by atoms with van der Waals surface area (Å²) in [5, 5.41) is 4.52. The molecule has 0 saturated carbocycles. The van der Waals surface area contributed by atoms with E-state index in [0.29, 0.717) is 33.0 Å². The van der Waals surface area contributed by atoms with Crippen molar-refractivity contribution in [3.05, 3.63) is 45.1 Å². The Labute approximate surface area is 136 Å². The zero-order valence-corrected chi connectivity index (χ0v) is 14.1. The molecule has 1 aromatic carbocycles. The van der Waals surface area contributed by atoms with Crippen LogP contribution in [0.4, 0.5) is 5.69 Å². The van der Waals surface area contributed by atoms with Crippen LogP contribution >= 0.6 is 27.5 Å². The van der Waals surface area contributed by atoms with E-state index in [4.69, 9.17) is 17.3 Å². The molecule has 0 radical (unpaired) electrons. The van der Waals surface area contributed by atoms with Crippen LogP contribution in [0.2, 0.25) is 5.02 Å². The molecule has 0 aliphatic rings. The Bertz CT molecular complexity index is 669. The predicted octanol–water partition coefficient (Wildman–Crippen LogP) is 2.67. The number of rotatable bonds is 5. The number of halogens is 2. The highest BCUT2D eigenvalue weighted by molar-refractivity contribution is 9.10. The number of nitrogens with zero attached hydrogens (tertiary/aromatic N) is 3. The van der Waals surface area contributed by atoms with E-state index < -0.39 is 0 Å². The lowest BCUT2D eigenvalue weighted by Crippen LogP contribution is -2.22. The third kappa shape index (κ3) is 3.64. The highest BCUT2D eigenvalue weighted by Crippen LogP contribution is 2.25. The standard InChI is InChI=1S/C14H16BrClN4O/c1-19(2)5-6-20-13(12(16)8-18-20)14(21)10-7-9(17)3-4-11(10)15/h3-4,7-8H,5-6,17H2,1-2H3. The minimum atomic E-state index is -0.199. The maximum atomic E-state index is 12.7. The van der Waals surface area contributed by atoms with Gasteiger partial charge in [0, 0.05) is 22.3 Å². The first kappa shape index (κ1) is 16.0. The number of carbonyl (C=O) groups excluding carboxylic acids is 1. The molecule has 2 rings (SSSR count). The van der Waals surface area contributed by atoms with Gasteiger partial charge in [0.25, 0.3) is 0 Å². The van der Waals surface area contributed by atoms with Gasteiger partial charge in [-0.1, -0.05) is 27.5 Å². The maximum Gasteiger partial charge on any atom is 0.213 e. The molecule has 0 aliphatic carbocycles. The lowest BCUT2D eigenvalue weighted by Gasteiger charge is -2.12. The van der Waals surface area contributed by atoms with Crippen molar-refractivity contribution in [2.45, 2.75) is 6.54 Å². The maximum absolute atomic E-state index is 12.7. The first-order valence-corrected chi connectivity index (χ1v) is 7.53. The summed E-state index contributed by atoms with van der Waals surface area (Å²) in [7, 11) is 3.92. The molecule has 0 unspecified atom stereocenters. The Hall–Kier alpha value is -1.37. The summed E-state index contributed by atoms with van der Waals surface area (Å²) in [6.45, 7) is 1.34. The monoisotopic (exact) mass is 370 g/mol. The van der Waals surface area contributed by atoms with E-state index in [9.17, 15) is 4.79 Å². The van der Waals surface area contributed by atoms with Gasteiger partial charge in [0.15, 0.2) is 0 Å². The molecule has 2 aromatic rings. The van der Waals surface area contributed by atoms with Crippen LogP contribution in [0.5, 0.6) is 0 Å². The third-order valence-electron chi connectivity index (χ3n) is 3.00. The van der Waals surface area contributed by atoms with Crippen LogP contribution in [0, 0.1) is 0 Å². The fourth-order valence-electron chi connectivity index (χ4n) is 1.90. The fraction of sp³-hybridized carbons (Fsp3) is 0.286. The lowest BCUT2D eigenvalue weighted by molar-refractivity contribution is 0.102. The average Bonchev–Trinajstić information content (AvgIpc) is 2.79. The number of aromatic nitrogens is 2. The molecule has 5 nitrogen and oxygen atoms in total. The van der Waals surface area contributed by atoms with Gasteiger partial charge < -0.3 is 10.6 Å². The van der Waals surface area contributed by atoms with Gasteiger partial charge in [-0.25, -0.2) is 0 Å². The summed E-state index contributed by atoms with van der Waals surface area (Å²) in [6, 6.07) is 5.11. The molecule has 1 aromatic heterocycles. The number of nitrogen functional groups attached to an aromatic ring is 1. The van der Waals surface area contributed by atoms with Crippen molar-refractivity contribution in [2.24, 2.45) is 0 Å². The summed E-state index contributed by atoms with van der Waals surface area (Å²) in [5.74, 6) is -0.199. The number of hydrogen-bond acceptors (Lipinski definition) is 4. The molecule has 0 atom stereocenters. The van der Waals surface area contributed by atoms with Gasteiger partial charge in [0.1, 0.15) is 5.69 Å². The van der Waals surface area contributed by atoms with Gasteiger partial charge in [-0.3, -0.25) is 9.48 Å². The van der Waals surface area contributed by atoms with Crippen LogP contribution in [0.1, 0.15) is 16.1 Å². The van der Waals surface area contributed by atoms with Crippen molar-refractivity contribution in [1.82, 2.24) is 14.7 Å². The molecule has 0 bridgehead atoms. The first-order valence-electron chi connectivity index (χ1n) is 6.36. The second-order valence-corrected chi connectivity index (χ2v) is 6.20. The number of anilines is 1. The largest absolute Gasteiger partial charge is 0.399 e. The van der Waals surface area contributed by atoms with Crippen molar-refractivity contribution >= 4 is 39.0 Å². The minimum absolute atomic E-state index is 0.199. The Kier molecular flexibility index (Phi) is 5.03. The molecule has 0 saturated heterocycles. The Morgan fingerprint density at radius 2 is 2.19 bits per heavy atom. The third-order valence-corrected chi connectivity index (χ3v) is 3.97. The van der Waals surface area contributed by atoms with Crippen LogP contribution in [-0.2, 0) is 6.54 Å². The van der Waals surface area contributed by atoms with Gasteiger partial charge in [0.2, 0.25) is 5.78 Å². The molecule has 0 spiro atoms. The van der Waals surface area contributed by atoms with Crippen molar-refractivity contribution in [3.63, 3.8) is 0 Å². The molecule has 1 heterocycles. The zero-order valence-electron chi connectivity index (χ0n) is 11.8. The quantitative estimate of drug-likeness (QED) is 0.648. The fourth-order valence-corrected chi connectivity index (χ4v) is 2.55. The summed E-state index contributed by atoms with van der Waals surface area (Å²) in [5.41, 5.74) is 7.14. The zero-order chi connectivity index (χ0) is 15.6. The molecule has 0 fully saturated rings. The Balaban J connectivity index is 2.39. The molecule has 7 heteroatoms. The number of likely N-dealkylation sites (N-methyl/N-ethyl adjacent to an activating group) is 1. The minimum Gasteiger partial charge on any atom is -0.399 e. The SMILES string of the molecule is CN(C)CCn1ncc(Cl)c1C(=O)c1cc(N)ccc1Br. The normalized spacial score (nSPS) is 11.1. The van der Waals surface area contributed by atoms with Crippen LogP contribution in [0.15, 0.2) is 28.9 Å². The van der Waals surface area contributed by atoms with Gasteiger partial charge in [-0.15, -0.1) is 0 Å².